The van der Waals surface area contributed by atoms with Crippen molar-refractivity contribution < 1.29 is 4.79 Å². The second-order valence-corrected chi connectivity index (χ2v) is 5.38. The summed E-state index contributed by atoms with van der Waals surface area (Å²) in [5.41, 5.74) is 0.0602. The van der Waals surface area contributed by atoms with Gasteiger partial charge in [0.2, 0.25) is 5.91 Å². The number of rotatable bonds is 6. The molecule has 0 radical (unpaired) electrons. The Bertz CT molecular complexity index is 245. The lowest BCUT2D eigenvalue weighted by Gasteiger charge is -2.29. The van der Waals surface area contributed by atoms with Gasteiger partial charge in [-0.05, 0) is 39.7 Å². The molecule has 1 rings (SSSR count). The molecule has 0 saturated carbocycles. The average Bonchev–Trinajstić information content (AvgIpc) is 2.72. The van der Waals surface area contributed by atoms with E-state index in [-0.39, 0.29) is 17.5 Å². The van der Waals surface area contributed by atoms with Gasteiger partial charge in [-0.15, -0.1) is 0 Å². The molecule has 1 aliphatic rings. The van der Waals surface area contributed by atoms with Crippen LogP contribution in [0.4, 0.5) is 0 Å². The molecule has 3 N–H and O–H groups in total. The lowest BCUT2D eigenvalue weighted by atomic mass is 10.00. The van der Waals surface area contributed by atoms with Gasteiger partial charge in [-0.2, -0.15) is 0 Å². The maximum absolute atomic E-state index is 12.0. The third-order valence-electron chi connectivity index (χ3n) is 3.66. The molecule has 0 aromatic heterocycles. The van der Waals surface area contributed by atoms with E-state index in [1.807, 2.05) is 6.92 Å². The summed E-state index contributed by atoms with van der Waals surface area (Å²) in [4.78, 5) is 12.0. The maximum atomic E-state index is 12.0. The van der Waals surface area contributed by atoms with Crippen molar-refractivity contribution in [1.82, 2.24) is 16.0 Å². The molecule has 0 bridgehead atoms. The Kier molecular flexibility index (Phi) is 5.40. The highest BCUT2D eigenvalue weighted by molar-refractivity contribution is 5.81. The van der Waals surface area contributed by atoms with Crippen molar-refractivity contribution in [1.29, 1.82) is 0 Å². The van der Waals surface area contributed by atoms with Gasteiger partial charge in [0.1, 0.15) is 0 Å². The third-order valence-corrected chi connectivity index (χ3v) is 3.66. The van der Waals surface area contributed by atoms with Gasteiger partial charge in [-0.25, -0.2) is 0 Å². The number of nitrogens with one attached hydrogen (secondary N) is 3. The van der Waals surface area contributed by atoms with Gasteiger partial charge in [0.05, 0.1) is 6.04 Å². The highest BCUT2D eigenvalue weighted by atomic mass is 16.2. The molecule has 0 spiro atoms. The SMILES string of the molecule is CCC(CC)NC(=O)C(C)NC1(C)CCNC1. The van der Waals surface area contributed by atoms with Crippen LogP contribution in [0.2, 0.25) is 0 Å². The van der Waals surface area contributed by atoms with E-state index in [1.165, 1.54) is 0 Å². The summed E-state index contributed by atoms with van der Waals surface area (Å²) < 4.78 is 0. The number of hydrogen-bond donors (Lipinski definition) is 3. The van der Waals surface area contributed by atoms with Gasteiger partial charge in [0.25, 0.3) is 0 Å². The molecular formula is C13H27N3O. The van der Waals surface area contributed by atoms with Gasteiger partial charge < -0.3 is 10.6 Å². The Morgan fingerprint density at radius 2 is 2.06 bits per heavy atom. The van der Waals surface area contributed by atoms with Crippen LogP contribution < -0.4 is 16.0 Å². The van der Waals surface area contributed by atoms with E-state index in [1.54, 1.807) is 0 Å². The van der Waals surface area contributed by atoms with Crippen molar-refractivity contribution in [3.8, 4) is 0 Å². The van der Waals surface area contributed by atoms with Crippen LogP contribution in [0.5, 0.6) is 0 Å². The summed E-state index contributed by atoms with van der Waals surface area (Å²) in [6.45, 7) is 10.3. The molecule has 2 atom stereocenters. The second kappa shape index (κ2) is 6.36. The Morgan fingerprint density at radius 1 is 1.41 bits per heavy atom. The maximum Gasteiger partial charge on any atom is 0.237 e. The third kappa shape index (κ3) is 4.28. The molecule has 1 fully saturated rings. The van der Waals surface area contributed by atoms with Crippen molar-refractivity contribution in [2.75, 3.05) is 13.1 Å². The number of carbonyl (C=O) groups excluding carboxylic acids is 1. The van der Waals surface area contributed by atoms with Crippen LogP contribution in [0.3, 0.4) is 0 Å². The van der Waals surface area contributed by atoms with E-state index in [0.717, 1.165) is 32.4 Å². The minimum Gasteiger partial charge on any atom is -0.352 e. The van der Waals surface area contributed by atoms with Crippen molar-refractivity contribution >= 4 is 5.91 Å². The van der Waals surface area contributed by atoms with Crippen LogP contribution in [-0.4, -0.2) is 36.6 Å². The standard InChI is InChI=1S/C13H27N3O/c1-5-11(6-2)15-12(17)10(3)16-13(4)7-8-14-9-13/h10-11,14,16H,5-9H2,1-4H3,(H,15,17). The van der Waals surface area contributed by atoms with Crippen LogP contribution in [-0.2, 0) is 4.79 Å². The van der Waals surface area contributed by atoms with Crippen molar-refractivity contribution in [3.05, 3.63) is 0 Å². The monoisotopic (exact) mass is 241 g/mol. The first-order valence-corrected chi connectivity index (χ1v) is 6.79. The van der Waals surface area contributed by atoms with Crippen LogP contribution in [0, 0.1) is 0 Å². The minimum atomic E-state index is -0.125. The fourth-order valence-corrected chi connectivity index (χ4v) is 2.35. The molecule has 4 nitrogen and oxygen atoms in total. The van der Waals surface area contributed by atoms with Gasteiger partial charge in [0, 0.05) is 18.1 Å². The van der Waals surface area contributed by atoms with E-state index in [9.17, 15) is 4.79 Å². The first-order valence-electron chi connectivity index (χ1n) is 6.79. The molecular weight excluding hydrogens is 214 g/mol. The largest absolute Gasteiger partial charge is 0.352 e. The zero-order valence-corrected chi connectivity index (χ0v) is 11.6. The fraction of sp³-hybridized carbons (Fsp3) is 0.923. The smallest absolute Gasteiger partial charge is 0.237 e. The number of carbonyl (C=O) groups is 1. The molecule has 0 aliphatic carbocycles. The van der Waals surface area contributed by atoms with E-state index in [0.29, 0.717) is 6.04 Å². The van der Waals surface area contributed by atoms with E-state index >= 15 is 0 Å². The molecule has 0 aromatic carbocycles. The second-order valence-electron chi connectivity index (χ2n) is 5.38. The number of amides is 1. The Hall–Kier alpha value is -0.610. The van der Waals surface area contributed by atoms with Crippen molar-refractivity contribution in [3.63, 3.8) is 0 Å². The van der Waals surface area contributed by atoms with Crippen molar-refractivity contribution in [2.24, 2.45) is 0 Å². The van der Waals surface area contributed by atoms with Crippen LogP contribution >= 0.6 is 0 Å². The molecule has 4 heteroatoms. The van der Waals surface area contributed by atoms with Crippen molar-refractivity contribution in [2.45, 2.75) is 64.6 Å². The average molecular weight is 241 g/mol. The Labute approximate surface area is 105 Å². The first-order chi connectivity index (χ1) is 8.00. The summed E-state index contributed by atoms with van der Waals surface area (Å²) in [5, 5.41) is 9.85. The zero-order valence-electron chi connectivity index (χ0n) is 11.6. The van der Waals surface area contributed by atoms with Gasteiger partial charge in [0.15, 0.2) is 0 Å². The molecule has 2 unspecified atom stereocenters. The fourth-order valence-electron chi connectivity index (χ4n) is 2.35. The summed E-state index contributed by atoms with van der Waals surface area (Å²) in [6, 6.07) is 0.182. The van der Waals surface area contributed by atoms with E-state index in [4.69, 9.17) is 0 Å². The van der Waals surface area contributed by atoms with E-state index < -0.39 is 0 Å². The zero-order chi connectivity index (χ0) is 12.9. The topological polar surface area (TPSA) is 53.2 Å². The van der Waals surface area contributed by atoms with Crippen LogP contribution in [0.1, 0.15) is 47.0 Å². The molecule has 1 heterocycles. The Balaban J connectivity index is 2.41. The van der Waals surface area contributed by atoms with Gasteiger partial charge in [-0.1, -0.05) is 13.8 Å². The first kappa shape index (κ1) is 14.5. The van der Waals surface area contributed by atoms with Crippen LogP contribution in [0.15, 0.2) is 0 Å². The minimum absolute atomic E-state index is 0.0602. The summed E-state index contributed by atoms with van der Waals surface area (Å²) >= 11 is 0. The predicted octanol–water partition coefficient (Wildman–Crippen LogP) is 1.02. The molecule has 0 aromatic rings. The Morgan fingerprint density at radius 3 is 2.53 bits per heavy atom. The highest BCUT2D eigenvalue weighted by Gasteiger charge is 2.31. The summed E-state index contributed by atoms with van der Waals surface area (Å²) in [5.74, 6) is 0.117. The molecule has 1 saturated heterocycles. The quantitative estimate of drug-likeness (QED) is 0.651. The summed E-state index contributed by atoms with van der Waals surface area (Å²) in [7, 11) is 0. The molecule has 100 valence electrons. The molecule has 1 amide bonds. The number of hydrogen-bond acceptors (Lipinski definition) is 3. The normalized spacial score (nSPS) is 26.2. The highest BCUT2D eigenvalue weighted by Crippen LogP contribution is 2.14. The summed E-state index contributed by atoms with van der Waals surface area (Å²) in [6.07, 6.45) is 3.07. The van der Waals surface area contributed by atoms with Gasteiger partial charge >= 0.3 is 0 Å². The molecule has 1 aliphatic heterocycles. The van der Waals surface area contributed by atoms with Gasteiger partial charge in [-0.3, -0.25) is 10.1 Å². The lowest BCUT2D eigenvalue weighted by Crippen LogP contribution is -2.55. The lowest BCUT2D eigenvalue weighted by molar-refractivity contribution is -0.124. The van der Waals surface area contributed by atoms with Crippen LogP contribution in [0.25, 0.3) is 0 Å². The predicted molar refractivity (Wildman–Crippen MR) is 71.0 cm³/mol. The molecule has 17 heavy (non-hydrogen) atoms. The van der Waals surface area contributed by atoms with E-state index in [2.05, 4.69) is 36.7 Å².